The van der Waals surface area contributed by atoms with E-state index in [2.05, 4.69) is 22.0 Å². The summed E-state index contributed by atoms with van der Waals surface area (Å²) in [6.07, 6.45) is -10.9. The fourth-order valence-corrected chi connectivity index (χ4v) is 9.26. The Balaban J connectivity index is 1.56. The van der Waals surface area contributed by atoms with Crippen molar-refractivity contribution in [2.24, 2.45) is 5.92 Å². The van der Waals surface area contributed by atoms with Crippen LogP contribution in [0.4, 0.5) is 0 Å². The summed E-state index contributed by atoms with van der Waals surface area (Å²) in [4.78, 5) is 89.4. The minimum atomic E-state index is -6.23. The average Bonchev–Trinajstić information content (AvgIpc) is 3.26. The van der Waals surface area contributed by atoms with Crippen LogP contribution in [0.2, 0.25) is 0 Å². The number of nitrogens with one attached hydrogen (secondary N) is 2. The molecule has 10 N–H and O–H groups in total. The molecule has 2 aromatic rings. The van der Waals surface area contributed by atoms with Gasteiger partial charge in [0.1, 0.15) is 24.4 Å². The Bertz CT molecular complexity index is 1960. The van der Waals surface area contributed by atoms with Crippen molar-refractivity contribution in [1.82, 2.24) is 19.1 Å². The van der Waals surface area contributed by atoms with Crippen LogP contribution in [0.5, 0.6) is 0 Å². The minimum Gasteiger partial charge on any atom is -0.390 e. The van der Waals surface area contributed by atoms with Gasteiger partial charge in [-0.05, 0) is 0 Å². The highest BCUT2D eigenvalue weighted by Crippen LogP contribution is 2.71. The zero-order valence-corrected chi connectivity index (χ0v) is 29.3. The lowest BCUT2D eigenvalue weighted by atomic mass is 9.99. The van der Waals surface area contributed by atoms with Gasteiger partial charge in [-0.1, -0.05) is 6.92 Å². The van der Waals surface area contributed by atoms with Crippen molar-refractivity contribution in [3.8, 4) is 0 Å². The van der Waals surface area contributed by atoms with Crippen molar-refractivity contribution in [2.45, 2.75) is 49.9 Å². The number of hydrogen-bond acceptors (Lipinski definition) is 19. The van der Waals surface area contributed by atoms with E-state index in [0.717, 1.165) is 38.6 Å². The van der Waals surface area contributed by atoms with E-state index in [0.29, 0.717) is 9.13 Å². The normalized spacial score (nSPS) is 26.5. The van der Waals surface area contributed by atoms with E-state index in [1.165, 1.54) is 0 Å². The van der Waals surface area contributed by atoms with E-state index in [4.69, 9.17) is 9.47 Å². The molecule has 0 aliphatic carbocycles. The molecule has 27 nitrogen and oxygen atoms in total. The van der Waals surface area contributed by atoms with Crippen LogP contribution >= 0.6 is 31.3 Å². The van der Waals surface area contributed by atoms with Crippen LogP contribution in [0.15, 0.2) is 43.7 Å². The summed E-state index contributed by atoms with van der Waals surface area (Å²) in [6, 6.07) is 1.77. The monoisotopic (exact) mass is 820 g/mol. The first kappa shape index (κ1) is 43.1. The number of methoxy groups -OCH3 is 1. The molecule has 0 radical (unpaired) electrons. The first-order valence-electron chi connectivity index (χ1n) is 13.7. The maximum Gasteiger partial charge on any atom is 0.490 e. The first-order chi connectivity index (χ1) is 23.4. The Kier molecular flexibility index (Phi) is 14.2. The van der Waals surface area contributed by atoms with Gasteiger partial charge < -0.3 is 49.5 Å². The van der Waals surface area contributed by atoms with Gasteiger partial charge in [0.2, 0.25) is 0 Å². The molecular formula is C20H32N4O23P4. The number of aliphatic hydroxyl groups excluding tert-OH is 4. The molecule has 0 amide bonds. The van der Waals surface area contributed by atoms with E-state index in [1.54, 1.807) is 0 Å². The third-order valence-electron chi connectivity index (χ3n) is 6.58. The second kappa shape index (κ2) is 16.8. The smallest absolute Gasteiger partial charge is 0.390 e. The zero-order valence-electron chi connectivity index (χ0n) is 25.7. The van der Waals surface area contributed by atoms with E-state index in [1.807, 2.05) is 9.97 Å². The number of aromatic nitrogens is 4. The summed E-state index contributed by atoms with van der Waals surface area (Å²) in [7, 11) is -23.0. The SMILES string of the molecule is COC(C(O)C(O)C(C)COP(=O)(O)OP(=O)(O)OP(=O)(O)OP(=O)(O)OCC1OC(n2ccc(=O)[nH]c2=O)C(O)C1O)n1ccc(=O)[nH]c1=O. The lowest BCUT2D eigenvalue weighted by Crippen LogP contribution is -2.45. The minimum absolute atomic E-state index is 0.645. The zero-order chi connectivity index (χ0) is 38.7. The summed E-state index contributed by atoms with van der Waals surface area (Å²) in [5.74, 6) is -1.36. The molecule has 3 heterocycles. The Morgan fingerprint density at radius 1 is 0.784 bits per heavy atom. The number of rotatable bonds is 18. The first-order valence-corrected chi connectivity index (χ1v) is 19.6. The molecule has 1 fully saturated rings. The van der Waals surface area contributed by atoms with Crippen LogP contribution in [0.1, 0.15) is 19.4 Å². The second-order valence-electron chi connectivity index (χ2n) is 10.4. The van der Waals surface area contributed by atoms with Gasteiger partial charge in [0.05, 0.1) is 19.3 Å². The molecule has 31 heteroatoms. The van der Waals surface area contributed by atoms with Gasteiger partial charge >= 0.3 is 42.7 Å². The van der Waals surface area contributed by atoms with Gasteiger partial charge in [0.25, 0.3) is 11.1 Å². The molecule has 0 spiro atoms. The van der Waals surface area contributed by atoms with Gasteiger partial charge in [-0.2, -0.15) is 12.9 Å². The van der Waals surface area contributed by atoms with Gasteiger partial charge in [-0.15, -0.1) is 0 Å². The van der Waals surface area contributed by atoms with Crippen LogP contribution in [-0.4, -0.2) is 110 Å². The van der Waals surface area contributed by atoms with Crippen LogP contribution in [-0.2, 0) is 49.7 Å². The number of aromatic amines is 2. The highest BCUT2D eigenvalue weighted by molar-refractivity contribution is 7.69. The van der Waals surface area contributed by atoms with E-state index < -0.39 is 116 Å². The van der Waals surface area contributed by atoms with Gasteiger partial charge in [-0.3, -0.25) is 37.7 Å². The second-order valence-corrected chi connectivity index (χ2v) is 16.6. The van der Waals surface area contributed by atoms with Crippen LogP contribution in [0.3, 0.4) is 0 Å². The number of nitrogens with zero attached hydrogens (tertiary/aromatic N) is 2. The topological polar surface area (TPSA) is 404 Å². The number of H-pyrrole nitrogens is 2. The predicted octanol–water partition coefficient (Wildman–Crippen LogP) is -3.31. The van der Waals surface area contributed by atoms with Crippen molar-refractivity contribution in [3.63, 3.8) is 0 Å². The molecule has 0 saturated carbocycles. The lowest BCUT2D eigenvalue weighted by Gasteiger charge is -2.30. The maximum absolute atomic E-state index is 12.3. The van der Waals surface area contributed by atoms with Crippen molar-refractivity contribution < 1.29 is 89.7 Å². The summed E-state index contributed by atoms with van der Waals surface area (Å²) >= 11 is 0. The fourth-order valence-electron chi connectivity index (χ4n) is 4.22. The molecular weight excluding hydrogens is 788 g/mol. The highest BCUT2D eigenvalue weighted by atomic mass is 31.3. The Morgan fingerprint density at radius 3 is 1.82 bits per heavy atom. The summed E-state index contributed by atoms with van der Waals surface area (Å²) in [5, 5.41) is 41.3. The number of phosphoric acid groups is 4. The molecule has 1 aliphatic rings. The third kappa shape index (κ3) is 11.8. The molecule has 12 unspecified atom stereocenters. The Hall–Kier alpha value is -2.32. The van der Waals surface area contributed by atoms with E-state index in [-0.39, 0.29) is 0 Å². The molecule has 1 saturated heterocycles. The highest BCUT2D eigenvalue weighted by Gasteiger charge is 2.48. The summed E-state index contributed by atoms with van der Waals surface area (Å²) < 4.78 is 80.7. The van der Waals surface area contributed by atoms with Gasteiger partial charge in [-0.25, -0.2) is 27.8 Å². The quantitative estimate of drug-likeness (QED) is 0.0658. The molecule has 0 aromatic carbocycles. The van der Waals surface area contributed by atoms with Crippen LogP contribution < -0.4 is 22.5 Å². The fraction of sp³-hybridized carbons (Fsp3) is 0.600. The summed E-state index contributed by atoms with van der Waals surface area (Å²) in [6.45, 7) is -1.16. The van der Waals surface area contributed by atoms with Crippen LogP contribution in [0.25, 0.3) is 0 Å². The van der Waals surface area contributed by atoms with Crippen molar-refractivity contribution in [2.75, 3.05) is 20.3 Å². The number of hydrogen-bond donors (Lipinski definition) is 10. The van der Waals surface area contributed by atoms with Crippen LogP contribution in [0, 0.1) is 5.92 Å². The molecule has 2 aromatic heterocycles. The predicted molar refractivity (Wildman–Crippen MR) is 160 cm³/mol. The van der Waals surface area contributed by atoms with E-state index in [9.17, 15) is 77.4 Å². The largest absolute Gasteiger partial charge is 0.490 e. The van der Waals surface area contributed by atoms with Crippen molar-refractivity contribution >= 4 is 31.3 Å². The number of aliphatic hydroxyl groups is 4. The maximum atomic E-state index is 12.3. The molecule has 1 aliphatic heterocycles. The molecule has 290 valence electrons. The Labute approximate surface area is 282 Å². The summed E-state index contributed by atoms with van der Waals surface area (Å²) in [5.41, 5.74) is -3.71. The van der Waals surface area contributed by atoms with Gasteiger partial charge in [0, 0.05) is 37.6 Å². The molecule has 0 bridgehead atoms. The average molecular weight is 820 g/mol. The molecule has 12 atom stereocenters. The van der Waals surface area contributed by atoms with Crippen molar-refractivity contribution in [1.29, 1.82) is 0 Å². The van der Waals surface area contributed by atoms with Gasteiger partial charge in [0.15, 0.2) is 12.5 Å². The molecule has 3 rings (SSSR count). The van der Waals surface area contributed by atoms with Crippen molar-refractivity contribution in [3.05, 3.63) is 66.2 Å². The number of phosphoric ester groups is 2. The third-order valence-corrected chi connectivity index (χ3v) is 12.5. The van der Waals surface area contributed by atoms with E-state index >= 15 is 0 Å². The lowest BCUT2D eigenvalue weighted by molar-refractivity contribution is -0.127. The standard InChI is InChI=1S/C20H32N4O23P4/c1-9(13(27)15(29)17(41-2)23-5-3-11(25)21-19(23)31)7-42-48(33,34)45-50(37,38)47-51(39,40)46-49(35,36)43-8-10-14(28)16(30)18(44-10)24-6-4-12(26)22-20(24)32/h3-6,9-10,13-18,27-30H,7-8H2,1-2H3,(H,33,34)(H,35,36)(H,37,38)(H,39,40)(H,21,25,31)(H,22,26,32). The molecule has 51 heavy (non-hydrogen) atoms. The number of ether oxygens (including phenoxy) is 2. The Morgan fingerprint density at radius 2 is 1.29 bits per heavy atom.